The Hall–Kier alpha value is -3.04. The molecule has 37 heavy (non-hydrogen) atoms. The van der Waals surface area contributed by atoms with E-state index < -0.39 is 0 Å². The van der Waals surface area contributed by atoms with Gasteiger partial charge in [0.1, 0.15) is 18.0 Å². The lowest BCUT2D eigenvalue weighted by atomic mass is 10.0. The minimum atomic E-state index is -0.0636. The smallest absolute Gasteiger partial charge is 0.145 e. The van der Waals surface area contributed by atoms with Crippen molar-refractivity contribution in [3.63, 3.8) is 0 Å². The largest absolute Gasteiger partial charge is 0.371 e. The molecule has 2 aromatic rings. The van der Waals surface area contributed by atoms with Gasteiger partial charge in [-0.1, -0.05) is 6.92 Å². The van der Waals surface area contributed by atoms with E-state index in [0.717, 1.165) is 93.2 Å². The minimum Gasteiger partial charge on any atom is -0.371 e. The van der Waals surface area contributed by atoms with Gasteiger partial charge in [0.05, 0.1) is 30.2 Å². The van der Waals surface area contributed by atoms with Crippen molar-refractivity contribution in [3.8, 4) is 0 Å². The number of aryl methyl sites for hydroxylation is 1. The lowest BCUT2D eigenvalue weighted by molar-refractivity contribution is 0.0203. The fourth-order valence-electron chi connectivity index (χ4n) is 6.22. The molecule has 6 heterocycles. The number of ether oxygens (including phenoxy) is 1. The van der Waals surface area contributed by atoms with Crippen molar-refractivity contribution in [2.75, 3.05) is 44.2 Å². The summed E-state index contributed by atoms with van der Waals surface area (Å²) < 4.78 is 8.16. The number of pyridine rings is 1. The van der Waals surface area contributed by atoms with Crippen LogP contribution in [0.5, 0.6) is 0 Å². The highest BCUT2D eigenvalue weighted by Gasteiger charge is 2.47. The first kappa shape index (κ1) is 23.1. The molecular weight excluding hydrogens is 464 g/mol. The summed E-state index contributed by atoms with van der Waals surface area (Å²) in [6.45, 7) is 10.4. The summed E-state index contributed by atoms with van der Waals surface area (Å²) in [5.41, 5.74) is 5.44. The molecule has 4 aliphatic heterocycles. The average Bonchev–Trinajstić information content (AvgIpc) is 3.31. The van der Waals surface area contributed by atoms with Crippen LogP contribution >= 0.6 is 0 Å². The molecule has 2 unspecified atom stereocenters. The second kappa shape index (κ2) is 9.06. The maximum Gasteiger partial charge on any atom is 0.145 e. The van der Waals surface area contributed by atoms with Gasteiger partial charge in [-0.3, -0.25) is 14.7 Å². The van der Waals surface area contributed by atoms with E-state index in [1.54, 1.807) is 0 Å². The van der Waals surface area contributed by atoms with Crippen LogP contribution in [0.4, 0.5) is 5.82 Å². The Morgan fingerprint density at radius 1 is 1.14 bits per heavy atom. The van der Waals surface area contributed by atoms with Gasteiger partial charge in [-0.15, -0.1) is 0 Å². The van der Waals surface area contributed by atoms with Crippen molar-refractivity contribution < 1.29 is 4.74 Å². The zero-order chi connectivity index (χ0) is 25.0. The molecule has 2 aromatic heterocycles. The summed E-state index contributed by atoms with van der Waals surface area (Å²) >= 11 is 0. The normalized spacial score (nSPS) is 27.1. The Morgan fingerprint density at radius 2 is 2.00 bits per heavy atom. The molecule has 1 saturated carbocycles. The van der Waals surface area contributed by atoms with Gasteiger partial charge in [-0.25, -0.2) is 4.98 Å². The van der Waals surface area contributed by atoms with Gasteiger partial charge in [0, 0.05) is 67.7 Å². The maximum atomic E-state index is 5.99. The number of aromatic nitrogens is 3. The first-order chi connectivity index (χ1) is 18.1. The quantitative estimate of drug-likeness (QED) is 0.680. The first-order valence-corrected chi connectivity index (χ1v) is 13.8. The highest BCUT2D eigenvalue weighted by molar-refractivity contribution is 6.38. The topological polar surface area (TPSA) is 83.2 Å². The first-order valence-electron chi connectivity index (χ1n) is 13.8. The number of morpholine rings is 1. The van der Waals surface area contributed by atoms with Crippen LogP contribution in [0, 0.1) is 6.92 Å². The summed E-state index contributed by atoms with van der Waals surface area (Å²) in [5, 5.41) is 8.16. The molecule has 0 bridgehead atoms. The van der Waals surface area contributed by atoms with Crippen LogP contribution in [0.3, 0.4) is 0 Å². The number of hydrogen-bond donors (Lipinski definition) is 1. The van der Waals surface area contributed by atoms with Crippen LogP contribution in [0.1, 0.15) is 55.3 Å². The minimum absolute atomic E-state index is 0.0615. The van der Waals surface area contributed by atoms with Gasteiger partial charge < -0.3 is 19.9 Å². The van der Waals surface area contributed by atoms with E-state index in [9.17, 15) is 0 Å². The summed E-state index contributed by atoms with van der Waals surface area (Å²) in [4.78, 5) is 19.7. The lowest BCUT2D eigenvalue weighted by Crippen LogP contribution is -2.44. The van der Waals surface area contributed by atoms with E-state index in [2.05, 4.69) is 52.1 Å². The van der Waals surface area contributed by atoms with Crippen LogP contribution in [0.2, 0.25) is 0 Å². The Bertz CT molecular complexity index is 1270. The van der Waals surface area contributed by atoms with Gasteiger partial charge in [0.15, 0.2) is 0 Å². The number of nitrogens with one attached hydrogen (secondary N) is 1. The Kier molecular flexibility index (Phi) is 5.66. The number of aliphatic imine (C=N–C) groups is 2. The van der Waals surface area contributed by atoms with Crippen molar-refractivity contribution in [2.45, 2.75) is 63.4 Å². The monoisotopic (exact) mass is 500 g/mol. The van der Waals surface area contributed by atoms with Crippen LogP contribution in [0.25, 0.3) is 5.57 Å². The Morgan fingerprint density at radius 3 is 2.78 bits per heavy atom. The molecule has 5 aliphatic rings. The van der Waals surface area contributed by atoms with Crippen LogP contribution in [0.15, 0.2) is 40.8 Å². The van der Waals surface area contributed by atoms with E-state index >= 15 is 0 Å². The van der Waals surface area contributed by atoms with Crippen LogP contribution < -0.4 is 10.2 Å². The van der Waals surface area contributed by atoms with E-state index in [1.165, 1.54) is 5.56 Å². The standard InChI is InChI=1S/C28H36N8O/c1-3-34-8-4-22(5-9-34)36-17-21(14-32-36)23-15-29-26-25(23)33-24(16-30-26)20-12-19(2)27(31-13-20)35-10-11-37-28(18-35)6-7-28/h12-17,22,25-26,29H,3-11,18H2,1-2H3. The second-order valence-electron chi connectivity index (χ2n) is 11.1. The molecule has 194 valence electrons. The zero-order valence-corrected chi connectivity index (χ0v) is 21.8. The zero-order valence-electron chi connectivity index (χ0n) is 21.8. The highest BCUT2D eigenvalue weighted by atomic mass is 16.5. The highest BCUT2D eigenvalue weighted by Crippen LogP contribution is 2.43. The summed E-state index contributed by atoms with van der Waals surface area (Å²) in [7, 11) is 0. The molecule has 0 amide bonds. The molecule has 9 heteroatoms. The van der Waals surface area contributed by atoms with Crippen LogP contribution in [-0.2, 0) is 4.74 Å². The van der Waals surface area contributed by atoms with Gasteiger partial charge >= 0.3 is 0 Å². The van der Waals surface area contributed by atoms with E-state index in [0.29, 0.717) is 6.04 Å². The third-order valence-corrected chi connectivity index (χ3v) is 8.68. The van der Waals surface area contributed by atoms with Gasteiger partial charge in [-0.05, 0) is 50.8 Å². The molecule has 2 saturated heterocycles. The van der Waals surface area contributed by atoms with Crippen LogP contribution in [-0.4, -0.2) is 88.7 Å². The molecule has 1 spiro atoms. The molecule has 9 nitrogen and oxygen atoms in total. The predicted molar refractivity (Wildman–Crippen MR) is 145 cm³/mol. The molecular formula is C28H36N8O. The van der Waals surface area contributed by atoms with Gasteiger partial charge in [0.25, 0.3) is 0 Å². The van der Waals surface area contributed by atoms with Gasteiger partial charge in [0.2, 0.25) is 0 Å². The van der Waals surface area contributed by atoms with Crippen molar-refractivity contribution in [2.24, 2.45) is 9.98 Å². The number of likely N-dealkylation sites (tertiary alicyclic amines) is 1. The van der Waals surface area contributed by atoms with Crippen molar-refractivity contribution in [1.82, 2.24) is 25.0 Å². The van der Waals surface area contributed by atoms with Crippen molar-refractivity contribution in [3.05, 3.63) is 47.5 Å². The molecule has 0 aromatic carbocycles. The molecule has 2 atom stereocenters. The van der Waals surface area contributed by atoms with E-state index in [-0.39, 0.29) is 17.8 Å². The molecule has 1 aliphatic carbocycles. The number of piperidine rings is 1. The molecule has 7 rings (SSSR count). The number of hydrogen-bond acceptors (Lipinski definition) is 8. The summed E-state index contributed by atoms with van der Waals surface area (Å²) in [6.07, 6.45) is 14.7. The lowest BCUT2D eigenvalue weighted by Gasteiger charge is -2.35. The SMILES string of the molecule is CCN1CCC(n2cc(C3=CNC4N=CC(c5cnc(N6CCOC7(CC7)C6)c(C)c5)=NC34)cn2)CC1. The predicted octanol–water partition coefficient (Wildman–Crippen LogP) is 2.83. The van der Waals surface area contributed by atoms with Crippen molar-refractivity contribution in [1.29, 1.82) is 0 Å². The maximum absolute atomic E-state index is 5.99. The van der Waals surface area contributed by atoms with Crippen molar-refractivity contribution >= 4 is 23.3 Å². The fraction of sp³-hybridized carbons (Fsp3) is 0.571. The summed E-state index contributed by atoms with van der Waals surface area (Å²) in [6, 6.07) is 2.61. The molecule has 3 fully saturated rings. The number of anilines is 1. The van der Waals surface area contributed by atoms with E-state index in [4.69, 9.17) is 24.8 Å². The third kappa shape index (κ3) is 4.28. The number of fused-ring (bicyclic) bond motifs is 1. The fourth-order valence-corrected chi connectivity index (χ4v) is 6.22. The third-order valence-electron chi connectivity index (χ3n) is 8.68. The van der Waals surface area contributed by atoms with E-state index in [1.807, 2.05) is 18.6 Å². The number of nitrogens with zero attached hydrogens (tertiary/aromatic N) is 7. The van der Waals surface area contributed by atoms with Gasteiger partial charge in [-0.2, -0.15) is 5.10 Å². The Balaban J connectivity index is 1.09. The molecule has 1 N–H and O–H groups in total. The summed E-state index contributed by atoms with van der Waals surface area (Å²) in [5.74, 6) is 1.06. The molecule has 0 radical (unpaired) electrons. The Labute approximate surface area is 218 Å². The number of rotatable bonds is 5. The second-order valence-corrected chi connectivity index (χ2v) is 11.1. The average molecular weight is 501 g/mol.